The Hall–Kier alpha value is -1.06. The summed E-state index contributed by atoms with van der Waals surface area (Å²) in [4.78, 5) is 7.32. The van der Waals surface area contributed by atoms with E-state index >= 15 is 0 Å². The van der Waals surface area contributed by atoms with E-state index in [0.717, 1.165) is 49.6 Å². The zero-order valence-electron chi connectivity index (χ0n) is 14.3. The van der Waals surface area contributed by atoms with Crippen molar-refractivity contribution in [2.24, 2.45) is 0 Å². The van der Waals surface area contributed by atoms with Crippen molar-refractivity contribution in [3.63, 3.8) is 0 Å². The fraction of sp³-hybridized carbons (Fsp3) is 0.611. The van der Waals surface area contributed by atoms with Gasteiger partial charge in [0.05, 0.1) is 11.0 Å². The van der Waals surface area contributed by atoms with E-state index in [1.165, 1.54) is 11.3 Å². The second kappa shape index (κ2) is 7.98. The van der Waals surface area contributed by atoms with Crippen LogP contribution in [0.2, 0.25) is 5.02 Å². The molecule has 4 heteroatoms. The number of fused-ring (bicyclic) bond motifs is 1. The molecule has 1 unspecified atom stereocenters. The molecule has 0 saturated carbocycles. The average molecular weight is 322 g/mol. The fourth-order valence-corrected chi connectivity index (χ4v) is 3.07. The van der Waals surface area contributed by atoms with Gasteiger partial charge in [0.1, 0.15) is 5.82 Å². The molecular weight excluding hydrogens is 294 g/mol. The van der Waals surface area contributed by atoms with E-state index in [0.29, 0.717) is 5.92 Å². The van der Waals surface area contributed by atoms with E-state index in [4.69, 9.17) is 16.6 Å². The molecular formula is C18H28ClN3. The first kappa shape index (κ1) is 17.3. The third-order valence-electron chi connectivity index (χ3n) is 4.54. The Morgan fingerprint density at radius 2 is 1.95 bits per heavy atom. The van der Waals surface area contributed by atoms with Crippen LogP contribution in [-0.4, -0.2) is 34.1 Å². The maximum atomic E-state index is 6.19. The van der Waals surface area contributed by atoms with Crippen LogP contribution in [0.3, 0.4) is 0 Å². The minimum absolute atomic E-state index is 0.472. The van der Waals surface area contributed by atoms with Gasteiger partial charge in [-0.3, -0.25) is 0 Å². The third-order valence-corrected chi connectivity index (χ3v) is 4.78. The Morgan fingerprint density at radius 1 is 1.23 bits per heavy atom. The molecule has 0 amide bonds. The van der Waals surface area contributed by atoms with Gasteiger partial charge in [-0.2, -0.15) is 0 Å². The molecule has 1 atom stereocenters. The first-order chi connectivity index (χ1) is 10.6. The van der Waals surface area contributed by atoms with Gasteiger partial charge in [-0.25, -0.2) is 4.98 Å². The molecule has 0 N–H and O–H groups in total. The highest BCUT2D eigenvalue weighted by Gasteiger charge is 2.15. The molecule has 0 bridgehead atoms. The molecule has 3 nitrogen and oxygen atoms in total. The molecule has 0 aliphatic carbocycles. The van der Waals surface area contributed by atoms with E-state index < -0.39 is 0 Å². The van der Waals surface area contributed by atoms with Crippen LogP contribution in [0.4, 0.5) is 0 Å². The summed E-state index contributed by atoms with van der Waals surface area (Å²) in [6.45, 7) is 13.3. The number of imidazole rings is 1. The average Bonchev–Trinajstić information content (AvgIpc) is 2.89. The maximum Gasteiger partial charge on any atom is 0.112 e. The summed E-state index contributed by atoms with van der Waals surface area (Å²) in [5.41, 5.74) is 2.23. The van der Waals surface area contributed by atoms with Gasteiger partial charge in [0.25, 0.3) is 0 Å². The number of halogens is 1. The minimum atomic E-state index is 0.472. The van der Waals surface area contributed by atoms with Crippen LogP contribution in [0.15, 0.2) is 18.2 Å². The van der Waals surface area contributed by atoms with Crippen molar-refractivity contribution in [2.75, 3.05) is 19.6 Å². The standard InChI is InChI=1S/C18H28ClN3/c1-5-14(4)18-20-16-10-9-15(19)13-17(16)22(18)12-8-11-21(6-2)7-3/h9-10,13-14H,5-8,11-12H2,1-4H3. The first-order valence-corrected chi connectivity index (χ1v) is 8.86. The molecule has 0 aliphatic heterocycles. The first-order valence-electron chi connectivity index (χ1n) is 8.48. The summed E-state index contributed by atoms with van der Waals surface area (Å²) in [6, 6.07) is 6.01. The lowest BCUT2D eigenvalue weighted by atomic mass is 10.1. The number of aryl methyl sites for hydroxylation is 1. The molecule has 0 saturated heterocycles. The molecule has 122 valence electrons. The number of nitrogens with zero attached hydrogens (tertiary/aromatic N) is 3. The molecule has 2 rings (SSSR count). The highest BCUT2D eigenvalue weighted by Crippen LogP contribution is 2.26. The fourth-order valence-electron chi connectivity index (χ4n) is 2.90. The Morgan fingerprint density at radius 3 is 2.59 bits per heavy atom. The van der Waals surface area contributed by atoms with E-state index in [1.807, 2.05) is 18.2 Å². The van der Waals surface area contributed by atoms with Crippen molar-refractivity contribution in [3.05, 3.63) is 29.0 Å². The van der Waals surface area contributed by atoms with Gasteiger partial charge in [-0.15, -0.1) is 0 Å². The summed E-state index contributed by atoms with van der Waals surface area (Å²) in [7, 11) is 0. The van der Waals surface area contributed by atoms with Crippen LogP contribution in [0.5, 0.6) is 0 Å². The second-order valence-electron chi connectivity index (χ2n) is 5.94. The summed E-state index contributed by atoms with van der Waals surface area (Å²) < 4.78 is 2.37. The van der Waals surface area contributed by atoms with Gasteiger partial charge in [0.2, 0.25) is 0 Å². The number of hydrogen-bond donors (Lipinski definition) is 0. The van der Waals surface area contributed by atoms with Crippen LogP contribution >= 0.6 is 11.6 Å². The predicted octanol–water partition coefficient (Wildman–Crippen LogP) is 4.94. The zero-order chi connectivity index (χ0) is 16.1. The maximum absolute atomic E-state index is 6.19. The van der Waals surface area contributed by atoms with Gasteiger partial charge in [0.15, 0.2) is 0 Å². The van der Waals surface area contributed by atoms with Crippen molar-refractivity contribution in [3.8, 4) is 0 Å². The number of hydrogen-bond acceptors (Lipinski definition) is 2. The summed E-state index contributed by atoms with van der Waals surface area (Å²) in [5.74, 6) is 1.67. The topological polar surface area (TPSA) is 21.1 Å². The van der Waals surface area contributed by atoms with Gasteiger partial charge in [-0.1, -0.05) is 39.3 Å². The molecule has 0 spiro atoms. The highest BCUT2D eigenvalue weighted by molar-refractivity contribution is 6.31. The molecule has 0 aliphatic rings. The Labute approximate surface area is 139 Å². The van der Waals surface area contributed by atoms with Crippen LogP contribution < -0.4 is 0 Å². The number of benzene rings is 1. The Bertz CT molecular complexity index is 602. The molecule has 1 aromatic carbocycles. The van der Waals surface area contributed by atoms with E-state index in [9.17, 15) is 0 Å². The molecule has 0 fully saturated rings. The molecule has 22 heavy (non-hydrogen) atoms. The lowest BCUT2D eigenvalue weighted by Gasteiger charge is -2.19. The summed E-state index contributed by atoms with van der Waals surface area (Å²) >= 11 is 6.19. The van der Waals surface area contributed by atoms with Crippen molar-refractivity contribution >= 4 is 22.6 Å². The number of aromatic nitrogens is 2. The lowest BCUT2D eigenvalue weighted by molar-refractivity contribution is 0.293. The predicted molar refractivity (Wildman–Crippen MR) is 95.9 cm³/mol. The molecule has 2 aromatic rings. The lowest BCUT2D eigenvalue weighted by Crippen LogP contribution is -2.25. The quantitative estimate of drug-likeness (QED) is 0.687. The SMILES string of the molecule is CCC(C)c1nc2ccc(Cl)cc2n1CCCN(CC)CC. The van der Waals surface area contributed by atoms with Crippen LogP contribution in [0.25, 0.3) is 11.0 Å². The largest absolute Gasteiger partial charge is 0.328 e. The highest BCUT2D eigenvalue weighted by atomic mass is 35.5. The van der Waals surface area contributed by atoms with E-state index in [2.05, 4.69) is 37.2 Å². The summed E-state index contributed by atoms with van der Waals surface area (Å²) in [5, 5.41) is 0.785. The van der Waals surface area contributed by atoms with Crippen LogP contribution in [0.1, 0.15) is 52.3 Å². The zero-order valence-corrected chi connectivity index (χ0v) is 15.0. The van der Waals surface area contributed by atoms with Crippen molar-refractivity contribution in [1.29, 1.82) is 0 Å². The molecule has 0 radical (unpaired) electrons. The van der Waals surface area contributed by atoms with Gasteiger partial charge in [-0.05, 0) is 50.7 Å². The second-order valence-corrected chi connectivity index (χ2v) is 6.38. The van der Waals surface area contributed by atoms with E-state index in [-0.39, 0.29) is 0 Å². The summed E-state index contributed by atoms with van der Waals surface area (Å²) in [6.07, 6.45) is 2.25. The number of rotatable bonds is 8. The van der Waals surface area contributed by atoms with Crippen molar-refractivity contribution in [2.45, 2.75) is 53.0 Å². The monoisotopic (exact) mass is 321 g/mol. The van der Waals surface area contributed by atoms with Gasteiger partial charge in [0, 0.05) is 17.5 Å². The smallest absolute Gasteiger partial charge is 0.112 e. The normalized spacial score (nSPS) is 13.2. The molecule has 1 heterocycles. The van der Waals surface area contributed by atoms with Gasteiger partial charge < -0.3 is 9.47 Å². The Kier molecular flexibility index (Phi) is 6.27. The molecule has 1 aromatic heterocycles. The van der Waals surface area contributed by atoms with Crippen LogP contribution in [0, 0.1) is 0 Å². The van der Waals surface area contributed by atoms with E-state index in [1.54, 1.807) is 0 Å². The van der Waals surface area contributed by atoms with Gasteiger partial charge >= 0.3 is 0 Å². The van der Waals surface area contributed by atoms with Crippen molar-refractivity contribution in [1.82, 2.24) is 14.5 Å². The minimum Gasteiger partial charge on any atom is -0.328 e. The Balaban J connectivity index is 2.26. The van der Waals surface area contributed by atoms with Crippen molar-refractivity contribution < 1.29 is 0 Å². The third kappa shape index (κ3) is 3.82. The van der Waals surface area contributed by atoms with Crippen LogP contribution in [-0.2, 0) is 6.54 Å².